The van der Waals surface area contributed by atoms with E-state index in [2.05, 4.69) is 5.32 Å². The van der Waals surface area contributed by atoms with Gasteiger partial charge in [0.05, 0.1) is 5.56 Å². The molecule has 5 nitrogen and oxygen atoms in total. The van der Waals surface area contributed by atoms with Gasteiger partial charge < -0.3 is 11.1 Å². The van der Waals surface area contributed by atoms with E-state index < -0.39 is 38.9 Å². The molecule has 3 N–H and O–H groups in total. The molecular formula is C10H11F3N2O3S. The SMILES string of the molecule is CS(=O)(=O)CC(=O)Nc1ccc(N)c(C(F)(F)F)c1. The summed E-state index contributed by atoms with van der Waals surface area (Å²) in [7, 11) is -3.55. The van der Waals surface area contributed by atoms with E-state index in [1.54, 1.807) is 0 Å². The average Bonchev–Trinajstić information content (AvgIpc) is 2.16. The first kappa shape index (κ1) is 15.3. The largest absolute Gasteiger partial charge is 0.418 e. The third-order valence-corrected chi connectivity index (χ3v) is 2.82. The number of carbonyl (C=O) groups is 1. The molecule has 106 valence electrons. The Labute approximate surface area is 107 Å². The lowest BCUT2D eigenvalue weighted by atomic mass is 10.1. The lowest BCUT2D eigenvalue weighted by Crippen LogP contribution is -2.22. The minimum Gasteiger partial charge on any atom is -0.398 e. The van der Waals surface area contributed by atoms with Crippen LogP contribution in [0.2, 0.25) is 0 Å². The minimum atomic E-state index is -4.65. The van der Waals surface area contributed by atoms with Gasteiger partial charge in [-0.05, 0) is 18.2 Å². The fraction of sp³-hybridized carbons (Fsp3) is 0.300. The molecule has 1 aromatic carbocycles. The molecule has 0 fully saturated rings. The summed E-state index contributed by atoms with van der Waals surface area (Å²) in [5, 5.41) is 2.06. The van der Waals surface area contributed by atoms with Gasteiger partial charge in [0.1, 0.15) is 5.75 Å². The summed E-state index contributed by atoms with van der Waals surface area (Å²) in [6.07, 6.45) is -3.81. The topological polar surface area (TPSA) is 89.3 Å². The van der Waals surface area contributed by atoms with Crippen molar-refractivity contribution in [2.45, 2.75) is 6.18 Å². The van der Waals surface area contributed by atoms with Gasteiger partial charge >= 0.3 is 6.18 Å². The molecular weight excluding hydrogens is 285 g/mol. The number of anilines is 2. The highest BCUT2D eigenvalue weighted by Gasteiger charge is 2.33. The van der Waals surface area contributed by atoms with Crippen LogP contribution in [0.15, 0.2) is 18.2 Å². The first-order valence-corrected chi connectivity index (χ1v) is 6.99. The van der Waals surface area contributed by atoms with Gasteiger partial charge in [-0.3, -0.25) is 4.79 Å². The highest BCUT2D eigenvalue weighted by Crippen LogP contribution is 2.35. The first-order chi connectivity index (χ1) is 8.49. The minimum absolute atomic E-state index is 0.171. The molecule has 0 saturated carbocycles. The number of nitrogens with two attached hydrogens (primary N) is 1. The number of nitrogens with one attached hydrogen (secondary N) is 1. The Bertz CT molecular complexity index is 597. The van der Waals surface area contributed by atoms with Crippen LogP contribution in [0.5, 0.6) is 0 Å². The molecule has 0 aliphatic carbocycles. The lowest BCUT2D eigenvalue weighted by Gasteiger charge is -2.12. The standard InChI is InChI=1S/C10H11F3N2O3S/c1-19(17,18)5-9(16)15-6-2-3-8(14)7(4-6)10(11,12)13/h2-4H,5,14H2,1H3,(H,15,16). The van der Waals surface area contributed by atoms with Gasteiger partial charge in [-0.15, -0.1) is 0 Å². The van der Waals surface area contributed by atoms with Crippen LogP contribution in [0.1, 0.15) is 5.56 Å². The van der Waals surface area contributed by atoms with Crippen LogP contribution in [0.3, 0.4) is 0 Å². The second kappa shape index (κ2) is 5.08. The van der Waals surface area contributed by atoms with Crippen molar-refractivity contribution in [2.75, 3.05) is 23.1 Å². The van der Waals surface area contributed by atoms with Gasteiger partial charge in [0.2, 0.25) is 5.91 Å². The van der Waals surface area contributed by atoms with Gasteiger partial charge in [0.25, 0.3) is 0 Å². The zero-order chi connectivity index (χ0) is 14.8. The number of sulfone groups is 1. The number of amides is 1. The maximum absolute atomic E-state index is 12.5. The quantitative estimate of drug-likeness (QED) is 0.822. The molecule has 19 heavy (non-hydrogen) atoms. The van der Waals surface area contributed by atoms with E-state index in [1.807, 2.05) is 0 Å². The second-order valence-corrected chi connectivity index (χ2v) is 6.06. The first-order valence-electron chi connectivity index (χ1n) is 4.93. The molecule has 1 rings (SSSR count). The molecule has 9 heteroatoms. The Morgan fingerprint density at radius 2 is 1.95 bits per heavy atom. The van der Waals surface area contributed by atoms with E-state index in [0.29, 0.717) is 6.07 Å². The van der Waals surface area contributed by atoms with Crippen LogP contribution in [-0.4, -0.2) is 26.3 Å². The van der Waals surface area contributed by atoms with E-state index in [0.717, 1.165) is 18.4 Å². The molecule has 0 radical (unpaired) electrons. The summed E-state index contributed by atoms with van der Waals surface area (Å²) < 4.78 is 59.3. The smallest absolute Gasteiger partial charge is 0.398 e. The van der Waals surface area contributed by atoms with Crippen molar-refractivity contribution in [1.82, 2.24) is 0 Å². The monoisotopic (exact) mass is 296 g/mol. The van der Waals surface area contributed by atoms with Gasteiger partial charge in [-0.1, -0.05) is 0 Å². The molecule has 0 aromatic heterocycles. The maximum Gasteiger partial charge on any atom is 0.418 e. The highest BCUT2D eigenvalue weighted by molar-refractivity contribution is 7.91. The Balaban J connectivity index is 2.95. The number of hydrogen-bond acceptors (Lipinski definition) is 4. The van der Waals surface area contributed by atoms with Crippen molar-refractivity contribution < 1.29 is 26.4 Å². The summed E-state index contributed by atoms with van der Waals surface area (Å²) in [6, 6.07) is 2.79. The van der Waals surface area contributed by atoms with Crippen molar-refractivity contribution in [3.8, 4) is 0 Å². The van der Waals surface area contributed by atoms with Gasteiger partial charge in [0.15, 0.2) is 9.84 Å². The van der Waals surface area contributed by atoms with Crippen LogP contribution in [0.25, 0.3) is 0 Å². The summed E-state index contributed by atoms with van der Waals surface area (Å²) in [5.74, 6) is -1.72. The molecule has 0 unspecified atom stereocenters. The van der Waals surface area contributed by atoms with E-state index in [9.17, 15) is 26.4 Å². The Morgan fingerprint density at radius 3 is 2.42 bits per heavy atom. The number of benzene rings is 1. The second-order valence-electron chi connectivity index (χ2n) is 3.92. The number of nitrogen functional groups attached to an aromatic ring is 1. The van der Waals surface area contributed by atoms with Gasteiger partial charge in [-0.25, -0.2) is 8.42 Å². The van der Waals surface area contributed by atoms with E-state index in [1.165, 1.54) is 0 Å². The zero-order valence-corrected chi connectivity index (χ0v) is 10.6. The van der Waals surface area contributed by atoms with Crippen LogP contribution in [0, 0.1) is 0 Å². The van der Waals surface area contributed by atoms with Crippen LogP contribution in [-0.2, 0) is 20.8 Å². The number of alkyl halides is 3. The third kappa shape index (κ3) is 4.78. The Kier molecular flexibility index (Phi) is 4.09. The van der Waals surface area contributed by atoms with Gasteiger partial charge in [0, 0.05) is 17.6 Å². The Hall–Kier alpha value is -1.77. The number of rotatable bonds is 3. The molecule has 0 atom stereocenters. The van der Waals surface area contributed by atoms with Crippen molar-refractivity contribution in [3.63, 3.8) is 0 Å². The number of halogens is 3. The fourth-order valence-corrected chi connectivity index (χ4v) is 1.86. The lowest BCUT2D eigenvalue weighted by molar-refractivity contribution is -0.136. The molecule has 0 spiro atoms. The summed E-state index contributed by atoms with van der Waals surface area (Å²) in [4.78, 5) is 11.3. The predicted molar refractivity (Wildman–Crippen MR) is 64.2 cm³/mol. The van der Waals surface area contributed by atoms with Crippen LogP contribution in [0.4, 0.5) is 24.5 Å². The van der Waals surface area contributed by atoms with E-state index in [4.69, 9.17) is 5.73 Å². The van der Waals surface area contributed by atoms with E-state index in [-0.39, 0.29) is 5.69 Å². The van der Waals surface area contributed by atoms with Gasteiger partial charge in [-0.2, -0.15) is 13.2 Å². The molecule has 0 aliphatic rings. The van der Waals surface area contributed by atoms with Crippen molar-refractivity contribution in [1.29, 1.82) is 0 Å². The van der Waals surface area contributed by atoms with Crippen molar-refractivity contribution in [3.05, 3.63) is 23.8 Å². The third-order valence-electron chi connectivity index (χ3n) is 2.04. The summed E-state index contributed by atoms with van der Waals surface area (Å²) in [5.41, 5.74) is 3.44. The Morgan fingerprint density at radius 1 is 1.37 bits per heavy atom. The molecule has 1 aromatic rings. The summed E-state index contributed by atoms with van der Waals surface area (Å²) in [6.45, 7) is 0. The van der Waals surface area contributed by atoms with Crippen LogP contribution >= 0.6 is 0 Å². The fourth-order valence-electron chi connectivity index (χ4n) is 1.31. The number of hydrogen-bond donors (Lipinski definition) is 2. The molecule has 0 aliphatic heterocycles. The molecule has 0 bridgehead atoms. The molecule has 1 amide bonds. The number of carbonyl (C=O) groups excluding carboxylic acids is 1. The van der Waals surface area contributed by atoms with E-state index >= 15 is 0 Å². The molecule has 0 heterocycles. The van der Waals surface area contributed by atoms with Crippen LogP contribution < -0.4 is 11.1 Å². The molecule has 0 saturated heterocycles. The normalized spacial score (nSPS) is 12.2. The highest BCUT2D eigenvalue weighted by atomic mass is 32.2. The maximum atomic E-state index is 12.5. The average molecular weight is 296 g/mol. The summed E-state index contributed by atoms with van der Waals surface area (Å²) >= 11 is 0. The van der Waals surface area contributed by atoms with Crippen molar-refractivity contribution >= 4 is 27.1 Å². The zero-order valence-electron chi connectivity index (χ0n) is 9.78. The predicted octanol–water partition coefficient (Wildman–Crippen LogP) is 1.27. The van der Waals surface area contributed by atoms with Crippen molar-refractivity contribution in [2.24, 2.45) is 0 Å².